The predicted molar refractivity (Wildman–Crippen MR) is 123 cm³/mol. The minimum Gasteiger partial charge on any atom is -0.300 e. The summed E-state index contributed by atoms with van der Waals surface area (Å²) in [7, 11) is 0. The number of hydrogen-bond acceptors (Lipinski definition) is 1. The number of carbonyl (C=O) groups is 1. The lowest BCUT2D eigenvalue weighted by atomic mass is 9.47. The summed E-state index contributed by atoms with van der Waals surface area (Å²) in [6.07, 6.45) is 14.7. The second-order valence-electron chi connectivity index (χ2n) is 12.0. The number of ketones is 1. The molecule has 4 unspecified atom stereocenters. The van der Waals surface area contributed by atoms with Gasteiger partial charge in [-0.15, -0.1) is 0 Å². The van der Waals surface area contributed by atoms with Crippen LogP contribution in [0.2, 0.25) is 0 Å². The van der Waals surface area contributed by atoms with Crippen LogP contribution in [0, 0.1) is 46.3 Å². The lowest BCUT2D eigenvalue weighted by molar-refractivity contribution is -0.127. The van der Waals surface area contributed by atoms with E-state index in [0.717, 1.165) is 49.4 Å². The van der Waals surface area contributed by atoms with Crippen LogP contribution in [0.3, 0.4) is 0 Å². The fourth-order valence-electron chi connectivity index (χ4n) is 8.18. The molecule has 3 saturated carbocycles. The Labute approximate surface area is 179 Å². The van der Waals surface area contributed by atoms with Crippen molar-refractivity contribution in [3.8, 4) is 0 Å². The molecule has 0 N–H and O–H groups in total. The van der Waals surface area contributed by atoms with E-state index in [4.69, 9.17) is 0 Å². The molecule has 0 amide bonds. The average molecular weight is 397 g/mol. The number of allylic oxidation sites excluding steroid dienone is 3. The van der Waals surface area contributed by atoms with Gasteiger partial charge in [0.05, 0.1) is 0 Å². The Morgan fingerprint density at radius 3 is 2.55 bits per heavy atom. The SMILES string of the molecule is C=C(CC[C@@H](C)C1CCC2C3=CCC4CC(=O)CC[C@]4(C)C3CC[C@@]21C)C(C)C. The summed E-state index contributed by atoms with van der Waals surface area (Å²) in [5.74, 6) is 4.97. The van der Waals surface area contributed by atoms with Crippen LogP contribution in [0.1, 0.15) is 98.8 Å². The van der Waals surface area contributed by atoms with E-state index in [2.05, 4.69) is 47.3 Å². The van der Waals surface area contributed by atoms with Crippen LogP contribution in [0.15, 0.2) is 23.8 Å². The van der Waals surface area contributed by atoms with E-state index in [-0.39, 0.29) is 0 Å². The maximum atomic E-state index is 12.1. The first-order valence-electron chi connectivity index (χ1n) is 12.6. The third kappa shape index (κ3) is 3.49. The Balaban J connectivity index is 1.51. The Bertz CT molecular complexity index is 699. The second-order valence-corrected chi connectivity index (χ2v) is 12.0. The molecule has 4 aliphatic carbocycles. The Hall–Kier alpha value is -0.850. The molecule has 0 aromatic carbocycles. The summed E-state index contributed by atoms with van der Waals surface area (Å²) in [4.78, 5) is 12.1. The molecule has 0 aromatic heterocycles. The lowest BCUT2D eigenvalue weighted by Gasteiger charge is -2.57. The molecule has 4 rings (SSSR count). The third-order valence-electron chi connectivity index (χ3n) is 10.4. The highest BCUT2D eigenvalue weighted by molar-refractivity contribution is 5.79. The molecular formula is C28H44O. The predicted octanol–water partition coefficient (Wildman–Crippen LogP) is 7.76. The van der Waals surface area contributed by atoms with Crippen LogP contribution in [0.25, 0.3) is 0 Å². The molecule has 0 aliphatic heterocycles. The van der Waals surface area contributed by atoms with Crippen LogP contribution in [0.5, 0.6) is 0 Å². The summed E-state index contributed by atoms with van der Waals surface area (Å²) in [5, 5.41) is 0. The van der Waals surface area contributed by atoms with Crippen molar-refractivity contribution in [2.45, 2.75) is 98.8 Å². The van der Waals surface area contributed by atoms with Crippen LogP contribution in [-0.4, -0.2) is 5.78 Å². The van der Waals surface area contributed by atoms with Crippen molar-refractivity contribution in [3.05, 3.63) is 23.8 Å². The largest absolute Gasteiger partial charge is 0.300 e. The normalized spacial score (nSPS) is 42.7. The zero-order chi connectivity index (χ0) is 21.0. The number of Topliss-reactive ketones (excluding diaryl/α,β-unsaturated/α-hetero) is 1. The smallest absolute Gasteiger partial charge is 0.133 e. The van der Waals surface area contributed by atoms with Gasteiger partial charge in [-0.1, -0.05) is 58.4 Å². The summed E-state index contributed by atoms with van der Waals surface area (Å²) in [5.41, 5.74) is 4.14. The minimum absolute atomic E-state index is 0.387. The maximum Gasteiger partial charge on any atom is 0.133 e. The van der Waals surface area contributed by atoms with Crippen molar-refractivity contribution < 1.29 is 4.79 Å². The van der Waals surface area contributed by atoms with Crippen molar-refractivity contribution >= 4 is 5.78 Å². The molecule has 0 aromatic rings. The Morgan fingerprint density at radius 2 is 1.83 bits per heavy atom. The van der Waals surface area contributed by atoms with Crippen molar-refractivity contribution in [2.24, 2.45) is 46.3 Å². The molecule has 0 heterocycles. The highest BCUT2D eigenvalue weighted by Crippen LogP contribution is 2.66. The van der Waals surface area contributed by atoms with Gasteiger partial charge in [-0.2, -0.15) is 0 Å². The van der Waals surface area contributed by atoms with Crippen LogP contribution in [0.4, 0.5) is 0 Å². The van der Waals surface area contributed by atoms with E-state index in [1.807, 2.05) is 5.57 Å². The standard InChI is InChI=1S/C28H44O/c1-18(2)19(3)7-8-20(4)24-11-12-25-23-10-9-21-17-22(29)13-15-27(21,5)26(23)14-16-28(24,25)6/h10,18,20-21,24-26H,3,7-9,11-17H2,1-2,4-6H3/t20-,21?,24?,25?,26?,27+,28-/m1/s1. The molecule has 7 atom stereocenters. The van der Waals surface area contributed by atoms with Crippen molar-refractivity contribution in [1.82, 2.24) is 0 Å². The van der Waals surface area contributed by atoms with Crippen LogP contribution >= 0.6 is 0 Å². The molecule has 0 radical (unpaired) electrons. The zero-order valence-electron chi connectivity index (χ0n) is 19.7. The van der Waals surface area contributed by atoms with Gasteiger partial charge in [0.1, 0.15) is 5.78 Å². The first kappa shape index (κ1) is 21.4. The topological polar surface area (TPSA) is 17.1 Å². The summed E-state index contributed by atoms with van der Waals surface area (Å²) in [6.45, 7) is 16.6. The summed E-state index contributed by atoms with van der Waals surface area (Å²) < 4.78 is 0. The van der Waals surface area contributed by atoms with E-state index in [1.165, 1.54) is 44.1 Å². The molecule has 29 heavy (non-hydrogen) atoms. The molecule has 1 nitrogen and oxygen atoms in total. The van der Waals surface area contributed by atoms with Crippen molar-refractivity contribution in [3.63, 3.8) is 0 Å². The van der Waals surface area contributed by atoms with E-state index in [0.29, 0.717) is 28.4 Å². The van der Waals surface area contributed by atoms with Gasteiger partial charge in [-0.3, -0.25) is 4.79 Å². The summed E-state index contributed by atoms with van der Waals surface area (Å²) in [6, 6.07) is 0. The van der Waals surface area contributed by atoms with Gasteiger partial charge >= 0.3 is 0 Å². The van der Waals surface area contributed by atoms with Gasteiger partial charge in [0, 0.05) is 12.8 Å². The van der Waals surface area contributed by atoms with Gasteiger partial charge < -0.3 is 0 Å². The zero-order valence-corrected chi connectivity index (χ0v) is 19.7. The lowest BCUT2D eigenvalue weighted by Crippen LogP contribution is -2.49. The highest BCUT2D eigenvalue weighted by Gasteiger charge is 2.58. The molecule has 3 fully saturated rings. The van der Waals surface area contributed by atoms with Crippen LogP contribution < -0.4 is 0 Å². The quantitative estimate of drug-likeness (QED) is 0.434. The number of rotatable bonds is 5. The Morgan fingerprint density at radius 1 is 1.10 bits per heavy atom. The molecule has 1 heteroatoms. The van der Waals surface area contributed by atoms with Crippen LogP contribution in [-0.2, 0) is 4.79 Å². The second kappa shape index (κ2) is 7.69. The van der Waals surface area contributed by atoms with Gasteiger partial charge in [0.15, 0.2) is 0 Å². The van der Waals surface area contributed by atoms with E-state index >= 15 is 0 Å². The van der Waals surface area contributed by atoms with Gasteiger partial charge in [0.25, 0.3) is 0 Å². The first-order chi connectivity index (χ1) is 13.7. The molecule has 0 saturated heterocycles. The van der Waals surface area contributed by atoms with E-state index in [1.54, 1.807) is 0 Å². The maximum absolute atomic E-state index is 12.1. The highest BCUT2D eigenvalue weighted by atomic mass is 16.1. The fraction of sp³-hybridized carbons (Fsp3) is 0.821. The molecular weight excluding hydrogens is 352 g/mol. The van der Waals surface area contributed by atoms with Gasteiger partial charge in [-0.25, -0.2) is 0 Å². The average Bonchev–Trinajstić information content (AvgIpc) is 3.03. The fourth-order valence-corrected chi connectivity index (χ4v) is 8.18. The summed E-state index contributed by atoms with van der Waals surface area (Å²) >= 11 is 0. The van der Waals surface area contributed by atoms with Gasteiger partial charge in [0.2, 0.25) is 0 Å². The van der Waals surface area contributed by atoms with Crippen molar-refractivity contribution in [1.29, 1.82) is 0 Å². The van der Waals surface area contributed by atoms with Gasteiger partial charge in [-0.05, 0) is 97.7 Å². The number of carbonyl (C=O) groups excluding carboxylic acids is 1. The number of fused-ring (bicyclic) bond motifs is 5. The number of hydrogen-bond donors (Lipinski definition) is 0. The third-order valence-corrected chi connectivity index (χ3v) is 10.4. The molecule has 0 bridgehead atoms. The minimum atomic E-state index is 0.387. The Kier molecular flexibility index (Phi) is 5.67. The van der Waals surface area contributed by atoms with E-state index in [9.17, 15) is 4.79 Å². The molecule has 0 spiro atoms. The first-order valence-corrected chi connectivity index (χ1v) is 12.6. The molecule has 162 valence electrons. The van der Waals surface area contributed by atoms with E-state index < -0.39 is 0 Å². The molecule has 4 aliphatic rings. The van der Waals surface area contributed by atoms with Crippen molar-refractivity contribution in [2.75, 3.05) is 0 Å². The monoisotopic (exact) mass is 396 g/mol.